The molecule has 1 aliphatic rings. The highest BCUT2D eigenvalue weighted by Gasteiger charge is 2.32. The molecule has 0 atom stereocenters. The zero-order chi connectivity index (χ0) is 21.8. The zero-order valence-corrected chi connectivity index (χ0v) is 18.8. The topological polar surface area (TPSA) is 50.0 Å². The lowest BCUT2D eigenvalue weighted by Gasteiger charge is -2.31. The Morgan fingerprint density at radius 3 is 1.94 bits per heavy atom. The van der Waals surface area contributed by atoms with Crippen LogP contribution in [0.25, 0.3) is 0 Å². The van der Waals surface area contributed by atoms with Gasteiger partial charge in [-0.2, -0.15) is 10.0 Å². The summed E-state index contributed by atoms with van der Waals surface area (Å²) < 4.78 is 0. The van der Waals surface area contributed by atoms with Crippen LogP contribution in [-0.4, -0.2) is 19.9 Å². The molecule has 0 N–H and O–H groups in total. The number of hydrogen-bond acceptors (Lipinski definition) is 2. The third-order valence-electron chi connectivity index (χ3n) is 4.48. The molecule has 1 heterocycles. The van der Waals surface area contributed by atoms with E-state index in [1.807, 2.05) is 84.9 Å². The number of para-hydroxylation sites is 1. The summed E-state index contributed by atoms with van der Waals surface area (Å²) >= 11 is 0. The number of hydrazone groups is 1. The highest BCUT2D eigenvalue weighted by molar-refractivity contribution is 6.83. The van der Waals surface area contributed by atoms with Crippen molar-refractivity contribution in [2.45, 2.75) is 19.6 Å². The third-order valence-corrected chi connectivity index (χ3v) is 5.35. The van der Waals surface area contributed by atoms with Gasteiger partial charge in [0.15, 0.2) is 5.84 Å². The molecule has 0 saturated carbocycles. The van der Waals surface area contributed by atoms with E-state index in [1.54, 1.807) is 0 Å². The van der Waals surface area contributed by atoms with Gasteiger partial charge in [-0.05, 0) is 36.4 Å². The number of carbonyl (C=O) groups is 1. The molecule has 0 aromatic heterocycles. The molecule has 3 aromatic carbocycles. The van der Waals surface area contributed by atoms with Crippen molar-refractivity contribution in [3.8, 4) is 11.5 Å². The Bertz CT molecular complexity index is 1160. The Labute approximate surface area is 184 Å². The molecule has 1 aliphatic heterocycles. The Morgan fingerprint density at radius 1 is 0.742 bits per heavy atom. The zero-order valence-electron chi connectivity index (χ0n) is 17.8. The number of nitrogens with zero attached hydrogens (tertiary/aromatic N) is 4. The Morgan fingerprint density at radius 2 is 1.32 bits per heavy atom. The minimum Gasteiger partial charge on any atom is -0.244 e. The van der Waals surface area contributed by atoms with Crippen molar-refractivity contribution >= 4 is 31.3 Å². The van der Waals surface area contributed by atoms with E-state index in [4.69, 9.17) is 0 Å². The summed E-state index contributed by atoms with van der Waals surface area (Å²) in [4.78, 5) is 13.3. The van der Waals surface area contributed by atoms with Crippen LogP contribution < -0.4 is 15.4 Å². The molecule has 153 valence electrons. The summed E-state index contributed by atoms with van der Waals surface area (Å²) in [5.74, 6) is 3.70. The van der Waals surface area contributed by atoms with Gasteiger partial charge in [-0.1, -0.05) is 74.1 Å². The second-order valence-electron chi connectivity index (χ2n) is 8.18. The van der Waals surface area contributed by atoms with Crippen molar-refractivity contribution in [3.05, 3.63) is 96.1 Å². The molecular formula is C25H23N4OSi. The standard InChI is InChI=1S/C25H23N4OSi/c1-31(2,3)19-18-20-14-16-23(17-15-20)29-25(30)28(22-12-8-5-9-13-22)26-24(27-29)21-10-6-4-7-11-21/h4-17H,1-3H3. The SMILES string of the molecule is C[Si](C)(C)C#Cc1ccc(N2[N]C(c3ccccc3)=NN(c3ccccc3)C2=O)cc1. The first-order chi connectivity index (χ1) is 14.9. The molecule has 3 aromatic rings. The quantitative estimate of drug-likeness (QED) is 0.420. The van der Waals surface area contributed by atoms with Crippen molar-refractivity contribution in [2.24, 2.45) is 5.10 Å². The predicted octanol–water partition coefficient (Wildman–Crippen LogP) is 5.24. The second kappa shape index (κ2) is 8.50. The normalized spacial score (nSPS) is 13.8. The van der Waals surface area contributed by atoms with E-state index in [9.17, 15) is 4.79 Å². The van der Waals surface area contributed by atoms with Gasteiger partial charge in [0.1, 0.15) is 8.07 Å². The number of amidine groups is 1. The lowest BCUT2D eigenvalue weighted by Crippen LogP contribution is -2.52. The first-order valence-electron chi connectivity index (χ1n) is 10.1. The number of amides is 2. The van der Waals surface area contributed by atoms with Gasteiger partial charge in [-0.25, -0.2) is 4.79 Å². The van der Waals surface area contributed by atoms with Gasteiger partial charge in [0.05, 0.1) is 11.4 Å². The first-order valence-corrected chi connectivity index (χ1v) is 13.6. The molecule has 6 heteroatoms. The fraction of sp³-hybridized carbons (Fsp3) is 0.120. The van der Waals surface area contributed by atoms with Crippen LogP contribution in [0.2, 0.25) is 19.6 Å². The van der Waals surface area contributed by atoms with Gasteiger partial charge in [0.25, 0.3) is 0 Å². The molecule has 31 heavy (non-hydrogen) atoms. The van der Waals surface area contributed by atoms with E-state index in [2.05, 4.69) is 41.6 Å². The molecule has 0 unspecified atom stereocenters. The fourth-order valence-electron chi connectivity index (χ4n) is 2.94. The molecule has 2 amide bonds. The lowest BCUT2D eigenvalue weighted by atomic mass is 10.2. The van der Waals surface area contributed by atoms with Crippen LogP contribution in [0, 0.1) is 11.5 Å². The summed E-state index contributed by atoms with van der Waals surface area (Å²) in [5.41, 5.74) is 11.0. The number of urea groups is 1. The molecule has 0 fully saturated rings. The van der Waals surface area contributed by atoms with Gasteiger partial charge in [-0.15, -0.1) is 16.1 Å². The van der Waals surface area contributed by atoms with Crippen molar-refractivity contribution in [2.75, 3.05) is 10.0 Å². The molecule has 0 spiro atoms. The number of rotatable bonds is 3. The minimum atomic E-state index is -1.46. The van der Waals surface area contributed by atoms with Crippen molar-refractivity contribution in [3.63, 3.8) is 0 Å². The Hall–Kier alpha value is -3.82. The molecule has 4 rings (SSSR count). The first kappa shape index (κ1) is 20.4. The Kier molecular flexibility index (Phi) is 5.61. The average Bonchev–Trinajstić information content (AvgIpc) is 2.79. The van der Waals surface area contributed by atoms with Crippen molar-refractivity contribution in [1.82, 2.24) is 5.43 Å². The van der Waals surface area contributed by atoms with Crippen LogP contribution in [0.5, 0.6) is 0 Å². The summed E-state index contributed by atoms with van der Waals surface area (Å²) in [5, 5.41) is 7.30. The second-order valence-corrected chi connectivity index (χ2v) is 12.9. The van der Waals surface area contributed by atoms with Gasteiger partial charge >= 0.3 is 6.03 Å². The van der Waals surface area contributed by atoms with Crippen molar-refractivity contribution < 1.29 is 4.79 Å². The van der Waals surface area contributed by atoms with Crippen LogP contribution in [0.3, 0.4) is 0 Å². The lowest BCUT2D eigenvalue weighted by molar-refractivity contribution is 0.249. The third kappa shape index (κ3) is 4.85. The van der Waals surface area contributed by atoms with E-state index in [0.29, 0.717) is 17.2 Å². The van der Waals surface area contributed by atoms with Crippen LogP contribution in [0.1, 0.15) is 11.1 Å². The highest BCUT2D eigenvalue weighted by atomic mass is 28.3. The summed E-state index contributed by atoms with van der Waals surface area (Å²) in [7, 11) is -1.46. The largest absolute Gasteiger partial charge is 0.370 e. The number of anilines is 2. The van der Waals surface area contributed by atoms with E-state index >= 15 is 0 Å². The monoisotopic (exact) mass is 423 g/mol. The van der Waals surface area contributed by atoms with Gasteiger partial charge in [-0.3, -0.25) is 0 Å². The summed E-state index contributed by atoms with van der Waals surface area (Å²) in [6.07, 6.45) is 0. The van der Waals surface area contributed by atoms with E-state index in [1.165, 1.54) is 10.0 Å². The maximum atomic E-state index is 13.3. The molecule has 0 aliphatic carbocycles. The molecular weight excluding hydrogens is 400 g/mol. The van der Waals surface area contributed by atoms with Crippen LogP contribution >= 0.6 is 0 Å². The van der Waals surface area contributed by atoms with Gasteiger partial charge in [0.2, 0.25) is 0 Å². The van der Waals surface area contributed by atoms with Crippen molar-refractivity contribution in [1.29, 1.82) is 0 Å². The van der Waals surface area contributed by atoms with E-state index < -0.39 is 8.07 Å². The molecule has 0 saturated heterocycles. The number of carbonyl (C=O) groups excluding carboxylic acids is 1. The molecule has 0 bridgehead atoms. The summed E-state index contributed by atoms with van der Waals surface area (Å²) in [6.45, 7) is 6.63. The average molecular weight is 424 g/mol. The maximum absolute atomic E-state index is 13.3. The van der Waals surface area contributed by atoms with Gasteiger partial charge < -0.3 is 0 Å². The fourth-order valence-corrected chi connectivity index (χ4v) is 3.46. The Balaban J connectivity index is 1.70. The highest BCUT2D eigenvalue weighted by Crippen LogP contribution is 2.24. The van der Waals surface area contributed by atoms with Gasteiger partial charge in [0, 0.05) is 11.1 Å². The minimum absolute atomic E-state index is 0.341. The number of hydrogen-bond donors (Lipinski definition) is 0. The predicted molar refractivity (Wildman–Crippen MR) is 129 cm³/mol. The number of benzene rings is 3. The van der Waals surface area contributed by atoms with E-state index in [0.717, 1.165) is 11.1 Å². The molecule has 1 radical (unpaired) electrons. The van der Waals surface area contributed by atoms with Crippen LogP contribution in [0.4, 0.5) is 16.2 Å². The maximum Gasteiger partial charge on any atom is 0.370 e. The van der Waals surface area contributed by atoms with Crippen LogP contribution in [0.15, 0.2) is 90.0 Å². The smallest absolute Gasteiger partial charge is 0.244 e. The summed E-state index contributed by atoms with van der Waals surface area (Å²) in [6, 6.07) is 26.2. The van der Waals surface area contributed by atoms with E-state index in [-0.39, 0.29) is 6.03 Å². The van der Waals surface area contributed by atoms with Crippen LogP contribution in [-0.2, 0) is 0 Å². The molecule has 5 nitrogen and oxygen atoms in total.